The van der Waals surface area contributed by atoms with Gasteiger partial charge in [0, 0.05) is 29.4 Å². The molecule has 1 aromatic carbocycles. The molecule has 0 saturated carbocycles. The second kappa shape index (κ2) is 6.75. The maximum Gasteiger partial charge on any atom is 0.153 e. The Labute approximate surface area is 146 Å². The Bertz CT molecular complexity index is 828. The van der Waals surface area contributed by atoms with E-state index >= 15 is 0 Å². The lowest BCUT2D eigenvalue weighted by molar-refractivity contribution is 0.454. The second-order valence-electron chi connectivity index (χ2n) is 6.06. The summed E-state index contributed by atoms with van der Waals surface area (Å²) in [6.07, 6.45) is 7.08. The molecule has 1 N–H and O–H groups in total. The molecular formula is C19H19ClN4. The van der Waals surface area contributed by atoms with Gasteiger partial charge in [-0.05, 0) is 43.0 Å². The van der Waals surface area contributed by atoms with Crippen LogP contribution in [0, 0.1) is 0 Å². The van der Waals surface area contributed by atoms with Gasteiger partial charge < -0.3 is 5.32 Å². The van der Waals surface area contributed by atoms with Crippen molar-refractivity contribution in [2.75, 3.05) is 0 Å². The lowest BCUT2D eigenvalue weighted by Crippen LogP contribution is -2.25. The maximum atomic E-state index is 6.26. The zero-order valence-electron chi connectivity index (χ0n) is 13.3. The standard InChI is InChI=1S/C19H19ClN4/c20-16-7-2-1-6-14(16)12-22-17-8-5-9-18-15(17)13-23-24(18)19-10-3-4-11-21-19/h1-4,6-7,10-11,13,17,22H,5,8-9,12H2/t17-/m1/s1. The molecule has 5 heteroatoms. The lowest BCUT2D eigenvalue weighted by Gasteiger charge is -2.24. The van der Waals surface area contributed by atoms with Crippen LogP contribution in [0.5, 0.6) is 0 Å². The fourth-order valence-electron chi connectivity index (χ4n) is 3.32. The first kappa shape index (κ1) is 15.4. The van der Waals surface area contributed by atoms with Crippen LogP contribution < -0.4 is 5.32 Å². The first-order valence-corrected chi connectivity index (χ1v) is 8.66. The van der Waals surface area contributed by atoms with Crippen LogP contribution >= 0.6 is 11.6 Å². The molecule has 0 saturated heterocycles. The van der Waals surface area contributed by atoms with Crippen molar-refractivity contribution in [3.8, 4) is 5.82 Å². The predicted molar refractivity (Wildman–Crippen MR) is 95.3 cm³/mol. The molecule has 0 fully saturated rings. The number of halogens is 1. The van der Waals surface area contributed by atoms with Crippen LogP contribution in [-0.2, 0) is 13.0 Å². The van der Waals surface area contributed by atoms with Gasteiger partial charge in [0.1, 0.15) is 0 Å². The van der Waals surface area contributed by atoms with Gasteiger partial charge in [-0.25, -0.2) is 9.67 Å². The van der Waals surface area contributed by atoms with Crippen LogP contribution in [0.15, 0.2) is 54.9 Å². The molecule has 1 aliphatic carbocycles. The van der Waals surface area contributed by atoms with Crippen LogP contribution in [0.2, 0.25) is 5.02 Å². The van der Waals surface area contributed by atoms with Crippen LogP contribution in [-0.4, -0.2) is 14.8 Å². The van der Waals surface area contributed by atoms with E-state index in [1.54, 1.807) is 6.20 Å². The average Bonchev–Trinajstić information content (AvgIpc) is 3.06. The fourth-order valence-corrected chi connectivity index (χ4v) is 3.52. The predicted octanol–water partition coefficient (Wildman–Crippen LogP) is 4.09. The molecular weight excluding hydrogens is 320 g/mol. The highest BCUT2D eigenvalue weighted by Crippen LogP contribution is 2.31. The van der Waals surface area contributed by atoms with E-state index in [0.717, 1.165) is 42.2 Å². The quantitative estimate of drug-likeness (QED) is 0.779. The molecule has 0 unspecified atom stereocenters. The number of hydrogen-bond acceptors (Lipinski definition) is 3. The van der Waals surface area contributed by atoms with E-state index in [-0.39, 0.29) is 0 Å². The Hall–Kier alpha value is -2.17. The van der Waals surface area contributed by atoms with Crippen LogP contribution in [0.3, 0.4) is 0 Å². The minimum absolute atomic E-state index is 0.308. The van der Waals surface area contributed by atoms with Gasteiger partial charge in [0.15, 0.2) is 5.82 Å². The second-order valence-corrected chi connectivity index (χ2v) is 6.47. The zero-order chi connectivity index (χ0) is 16.4. The first-order valence-electron chi connectivity index (χ1n) is 8.28. The van der Waals surface area contributed by atoms with Gasteiger partial charge in [-0.1, -0.05) is 35.9 Å². The van der Waals surface area contributed by atoms with E-state index in [0.29, 0.717) is 6.04 Å². The van der Waals surface area contributed by atoms with E-state index in [1.807, 2.05) is 47.3 Å². The topological polar surface area (TPSA) is 42.7 Å². The summed E-state index contributed by atoms with van der Waals surface area (Å²) >= 11 is 6.26. The summed E-state index contributed by atoms with van der Waals surface area (Å²) in [7, 11) is 0. The number of nitrogens with zero attached hydrogens (tertiary/aromatic N) is 3. The summed E-state index contributed by atoms with van der Waals surface area (Å²) in [5.74, 6) is 0.880. The molecule has 0 aliphatic heterocycles. The molecule has 2 heterocycles. The van der Waals surface area contributed by atoms with E-state index in [9.17, 15) is 0 Å². The van der Waals surface area contributed by atoms with Gasteiger partial charge in [0.25, 0.3) is 0 Å². The van der Waals surface area contributed by atoms with Crippen LogP contribution in [0.25, 0.3) is 5.82 Å². The molecule has 24 heavy (non-hydrogen) atoms. The van der Waals surface area contributed by atoms with Crippen molar-refractivity contribution < 1.29 is 0 Å². The number of hydrogen-bond donors (Lipinski definition) is 1. The van der Waals surface area contributed by atoms with E-state index in [2.05, 4.69) is 21.5 Å². The number of fused-ring (bicyclic) bond motifs is 1. The van der Waals surface area contributed by atoms with Gasteiger partial charge >= 0.3 is 0 Å². The summed E-state index contributed by atoms with van der Waals surface area (Å²) in [5, 5.41) is 9.03. The summed E-state index contributed by atoms with van der Waals surface area (Å²) < 4.78 is 1.97. The molecule has 3 aromatic rings. The fraction of sp³-hybridized carbons (Fsp3) is 0.263. The van der Waals surface area contributed by atoms with Crippen LogP contribution in [0.1, 0.15) is 35.7 Å². The van der Waals surface area contributed by atoms with Crippen molar-refractivity contribution >= 4 is 11.6 Å². The summed E-state index contributed by atoms with van der Waals surface area (Å²) in [4.78, 5) is 4.42. The van der Waals surface area contributed by atoms with Crippen molar-refractivity contribution in [3.63, 3.8) is 0 Å². The number of aromatic nitrogens is 3. The van der Waals surface area contributed by atoms with Crippen molar-refractivity contribution in [2.24, 2.45) is 0 Å². The van der Waals surface area contributed by atoms with E-state index in [1.165, 1.54) is 11.3 Å². The minimum atomic E-state index is 0.308. The monoisotopic (exact) mass is 338 g/mol. The van der Waals surface area contributed by atoms with Crippen molar-refractivity contribution in [1.82, 2.24) is 20.1 Å². The highest BCUT2D eigenvalue weighted by atomic mass is 35.5. The molecule has 4 rings (SSSR count). The molecule has 122 valence electrons. The summed E-state index contributed by atoms with van der Waals surface area (Å²) in [6, 6.07) is 14.2. The number of nitrogens with one attached hydrogen (secondary N) is 1. The molecule has 0 amide bonds. The highest BCUT2D eigenvalue weighted by Gasteiger charge is 2.24. The largest absolute Gasteiger partial charge is 0.306 e. The Morgan fingerprint density at radius 3 is 2.88 bits per heavy atom. The van der Waals surface area contributed by atoms with Crippen molar-refractivity contribution in [1.29, 1.82) is 0 Å². The smallest absolute Gasteiger partial charge is 0.153 e. The third kappa shape index (κ3) is 2.95. The van der Waals surface area contributed by atoms with Crippen molar-refractivity contribution in [3.05, 3.63) is 76.7 Å². The van der Waals surface area contributed by atoms with Crippen molar-refractivity contribution in [2.45, 2.75) is 31.8 Å². The SMILES string of the molecule is Clc1ccccc1CN[C@@H]1CCCc2c1cnn2-c1ccccn1. The van der Waals surface area contributed by atoms with E-state index in [4.69, 9.17) is 11.6 Å². The van der Waals surface area contributed by atoms with Gasteiger partial charge in [0.05, 0.1) is 11.9 Å². The minimum Gasteiger partial charge on any atom is -0.306 e. The number of rotatable bonds is 4. The molecule has 1 atom stereocenters. The molecule has 2 aromatic heterocycles. The van der Waals surface area contributed by atoms with Gasteiger partial charge in [-0.3, -0.25) is 0 Å². The molecule has 1 aliphatic rings. The Kier molecular flexibility index (Phi) is 4.32. The maximum absolute atomic E-state index is 6.26. The summed E-state index contributed by atoms with van der Waals surface area (Å²) in [6.45, 7) is 0.762. The van der Waals surface area contributed by atoms with Gasteiger partial charge in [0.2, 0.25) is 0 Å². The lowest BCUT2D eigenvalue weighted by atomic mass is 9.92. The van der Waals surface area contributed by atoms with Crippen LogP contribution in [0.4, 0.5) is 0 Å². The molecule has 4 nitrogen and oxygen atoms in total. The third-order valence-corrected chi connectivity index (χ3v) is 4.91. The van der Waals surface area contributed by atoms with Gasteiger partial charge in [-0.15, -0.1) is 0 Å². The average molecular weight is 339 g/mol. The Morgan fingerprint density at radius 2 is 2.04 bits per heavy atom. The zero-order valence-corrected chi connectivity index (χ0v) is 14.1. The molecule has 0 spiro atoms. The summed E-state index contributed by atoms with van der Waals surface area (Å²) in [5.41, 5.74) is 3.67. The highest BCUT2D eigenvalue weighted by molar-refractivity contribution is 6.31. The van der Waals surface area contributed by atoms with Gasteiger partial charge in [-0.2, -0.15) is 5.10 Å². The Morgan fingerprint density at radius 1 is 1.17 bits per heavy atom. The number of benzene rings is 1. The van der Waals surface area contributed by atoms with E-state index < -0.39 is 0 Å². The first-order chi connectivity index (χ1) is 11.8. The molecule has 0 bridgehead atoms. The normalized spacial score (nSPS) is 16.8. The molecule has 0 radical (unpaired) electrons. The number of pyridine rings is 1. The Balaban J connectivity index is 1.56. The third-order valence-electron chi connectivity index (χ3n) is 4.55.